The number of carbonyl (C=O) groups is 1. The van der Waals surface area contributed by atoms with Gasteiger partial charge in [0.15, 0.2) is 15.0 Å². The van der Waals surface area contributed by atoms with Crippen molar-refractivity contribution >= 4 is 27.5 Å². The van der Waals surface area contributed by atoms with Crippen molar-refractivity contribution in [3.05, 3.63) is 48.8 Å². The number of nitrogens with zero attached hydrogens (tertiary/aromatic N) is 3. The summed E-state index contributed by atoms with van der Waals surface area (Å²) >= 11 is 1.29. The van der Waals surface area contributed by atoms with Crippen LogP contribution >= 0.6 is 11.8 Å². The van der Waals surface area contributed by atoms with Crippen molar-refractivity contribution < 1.29 is 13.2 Å². The van der Waals surface area contributed by atoms with Crippen molar-refractivity contribution in [1.29, 1.82) is 0 Å². The van der Waals surface area contributed by atoms with Gasteiger partial charge in [-0.2, -0.15) is 0 Å². The van der Waals surface area contributed by atoms with Crippen molar-refractivity contribution in [2.24, 2.45) is 0 Å². The van der Waals surface area contributed by atoms with Gasteiger partial charge in [-0.25, -0.2) is 18.4 Å². The lowest BCUT2D eigenvalue weighted by Crippen LogP contribution is -2.43. The Kier molecular flexibility index (Phi) is 5.70. The topological polar surface area (TPSA) is 80.2 Å². The summed E-state index contributed by atoms with van der Waals surface area (Å²) in [6.07, 6.45) is 4.21. The summed E-state index contributed by atoms with van der Waals surface area (Å²) in [4.78, 5) is 22.5. The molecule has 1 aliphatic heterocycles. The third-order valence-electron chi connectivity index (χ3n) is 4.17. The molecule has 25 heavy (non-hydrogen) atoms. The van der Waals surface area contributed by atoms with E-state index in [0.717, 1.165) is 0 Å². The fourth-order valence-corrected chi connectivity index (χ4v) is 5.25. The lowest BCUT2D eigenvalue weighted by Gasteiger charge is -2.31. The van der Waals surface area contributed by atoms with Gasteiger partial charge in [0.05, 0.1) is 15.9 Å². The molecular formula is C17H19N3O3S2. The highest BCUT2D eigenvalue weighted by atomic mass is 32.2. The molecule has 6 nitrogen and oxygen atoms in total. The van der Waals surface area contributed by atoms with Crippen molar-refractivity contribution in [3.8, 4) is 0 Å². The fraction of sp³-hybridized carbons (Fsp3) is 0.353. The molecule has 2 aromatic rings. The van der Waals surface area contributed by atoms with E-state index < -0.39 is 15.1 Å². The molecule has 0 spiro atoms. The van der Waals surface area contributed by atoms with Crippen LogP contribution < -0.4 is 0 Å². The van der Waals surface area contributed by atoms with Gasteiger partial charge < -0.3 is 4.90 Å². The Morgan fingerprint density at radius 3 is 2.36 bits per heavy atom. The third-order valence-corrected chi connectivity index (χ3v) is 7.31. The zero-order valence-electron chi connectivity index (χ0n) is 13.6. The van der Waals surface area contributed by atoms with Gasteiger partial charge in [-0.3, -0.25) is 4.79 Å². The Hall–Kier alpha value is -1.93. The SMILES string of the molecule is O=C(CSc1ncccn1)N1CCC(S(=O)(=O)c2ccccc2)CC1. The summed E-state index contributed by atoms with van der Waals surface area (Å²) in [6, 6.07) is 10.2. The van der Waals surface area contributed by atoms with E-state index in [0.29, 0.717) is 36.0 Å². The Balaban J connectivity index is 1.54. The first kappa shape index (κ1) is 17.9. The third kappa shape index (κ3) is 4.38. The molecule has 8 heteroatoms. The second-order valence-corrected chi connectivity index (χ2v) is 8.93. The molecule has 0 unspecified atom stereocenters. The molecule has 1 fully saturated rings. The van der Waals surface area contributed by atoms with Crippen LogP contribution in [-0.4, -0.2) is 53.3 Å². The summed E-state index contributed by atoms with van der Waals surface area (Å²) in [5.41, 5.74) is 0. The molecule has 0 radical (unpaired) electrons. The second kappa shape index (κ2) is 7.97. The normalized spacial score (nSPS) is 15.9. The minimum absolute atomic E-state index is 0.00647. The van der Waals surface area contributed by atoms with Crippen molar-refractivity contribution in [2.45, 2.75) is 28.1 Å². The number of piperidine rings is 1. The minimum atomic E-state index is -3.33. The average Bonchev–Trinajstić information content (AvgIpc) is 2.68. The largest absolute Gasteiger partial charge is 0.342 e. The Labute approximate surface area is 151 Å². The number of benzene rings is 1. The summed E-state index contributed by atoms with van der Waals surface area (Å²) in [6.45, 7) is 0.928. The molecule has 0 N–H and O–H groups in total. The number of carbonyl (C=O) groups excluding carboxylic acids is 1. The minimum Gasteiger partial charge on any atom is -0.342 e. The molecule has 0 saturated carbocycles. The predicted octanol–water partition coefficient (Wildman–Crippen LogP) is 2.03. The molecule has 132 valence electrons. The standard InChI is InChI=1S/C17H19N3O3S2/c21-16(13-24-17-18-9-4-10-19-17)20-11-7-15(8-12-20)25(22,23)14-5-2-1-3-6-14/h1-6,9-10,15H,7-8,11-13H2. The first-order chi connectivity index (χ1) is 12.1. The van der Waals surface area contributed by atoms with Gasteiger partial charge in [0.2, 0.25) is 5.91 Å². The molecule has 3 rings (SSSR count). The highest BCUT2D eigenvalue weighted by Gasteiger charge is 2.32. The molecule has 2 heterocycles. The van der Waals surface area contributed by atoms with Crippen LogP contribution in [0.15, 0.2) is 58.8 Å². The Bertz CT molecular complexity index is 806. The van der Waals surface area contributed by atoms with Crippen LogP contribution in [0.25, 0.3) is 0 Å². The summed E-state index contributed by atoms with van der Waals surface area (Å²) in [5, 5.41) is 0.140. The molecular weight excluding hydrogens is 358 g/mol. The maximum absolute atomic E-state index is 12.7. The van der Waals surface area contributed by atoms with Crippen LogP contribution in [0.2, 0.25) is 0 Å². The molecule has 1 aromatic carbocycles. The quantitative estimate of drug-likeness (QED) is 0.586. The average molecular weight is 377 g/mol. The number of amides is 1. The lowest BCUT2D eigenvalue weighted by molar-refractivity contribution is -0.129. The molecule has 0 atom stereocenters. The number of sulfone groups is 1. The Morgan fingerprint density at radius 1 is 1.08 bits per heavy atom. The van der Waals surface area contributed by atoms with Crippen LogP contribution in [0, 0.1) is 0 Å². The van der Waals surface area contributed by atoms with E-state index in [2.05, 4.69) is 9.97 Å². The summed E-state index contributed by atoms with van der Waals surface area (Å²) in [7, 11) is -3.33. The van der Waals surface area contributed by atoms with E-state index in [1.54, 1.807) is 53.7 Å². The highest BCUT2D eigenvalue weighted by molar-refractivity contribution is 7.99. The molecule has 1 amide bonds. The molecule has 0 aliphatic carbocycles. The van der Waals surface area contributed by atoms with Gasteiger partial charge in [0.1, 0.15) is 0 Å². The Morgan fingerprint density at radius 2 is 1.72 bits per heavy atom. The summed E-state index contributed by atoms with van der Waals surface area (Å²) in [5.74, 6) is 0.258. The monoisotopic (exact) mass is 377 g/mol. The number of hydrogen-bond acceptors (Lipinski definition) is 6. The van der Waals surface area contributed by atoms with E-state index in [9.17, 15) is 13.2 Å². The first-order valence-electron chi connectivity index (χ1n) is 8.04. The van der Waals surface area contributed by atoms with Crippen LogP contribution in [0.4, 0.5) is 0 Å². The van der Waals surface area contributed by atoms with E-state index >= 15 is 0 Å². The second-order valence-electron chi connectivity index (χ2n) is 5.76. The van der Waals surface area contributed by atoms with E-state index in [4.69, 9.17) is 0 Å². The van der Waals surface area contributed by atoms with E-state index in [-0.39, 0.29) is 11.7 Å². The van der Waals surface area contributed by atoms with Crippen molar-refractivity contribution in [3.63, 3.8) is 0 Å². The van der Waals surface area contributed by atoms with E-state index in [1.165, 1.54) is 11.8 Å². The molecule has 1 aromatic heterocycles. The maximum atomic E-state index is 12.7. The maximum Gasteiger partial charge on any atom is 0.233 e. The van der Waals surface area contributed by atoms with E-state index in [1.807, 2.05) is 0 Å². The van der Waals surface area contributed by atoms with Crippen molar-refractivity contribution in [2.75, 3.05) is 18.8 Å². The van der Waals surface area contributed by atoms with Gasteiger partial charge in [0.25, 0.3) is 0 Å². The van der Waals surface area contributed by atoms with Crippen LogP contribution in [-0.2, 0) is 14.6 Å². The molecule has 1 aliphatic rings. The number of thioether (sulfide) groups is 1. The van der Waals surface area contributed by atoms with Gasteiger partial charge in [0, 0.05) is 25.5 Å². The zero-order chi connectivity index (χ0) is 17.7. The van der Waals surface area contributed by atoms with Gasteiger partial charge in [-0.15, -0.1) is 0 Å². The predicted molar refractivity (Wildman–Crippen MR) is 96.0 cm³/mol. The van der Waals surface area contributed by atoms with Gasteiger partial charge in [-0.05, 0) is 31.0 Å². The van der Waals surface area contributed by atoms with Gasteiger partial charge in [-0.1, -0.05) is 30.0 Å². The number of rotatable bonds is 5. The summed E-state index contributed by atoms with van der Waals surface area (Å²) < 4.78 is 25.3. The number of likely N-dealkylation sites (tertiary alicyclic amines) is 1. The highest BCUT2D eigenvalue weighted by Crippen LogP contribution is 2.25. The number of aromatic nitrogens is 2. The fourth-order valence-electron chi connectivity index (χ4n) is 2.80. The number of hydrogen-bond donors (Lipinski definition) is 0. The smallest absolute Gasteiger partial charge is 0.233 e. The lowest BCUT2D eigenvalue weighted by atomic mass is 10.1. The zero-order valence-corrected chi connectivity index (χ0v) is 15.2. The van der Waals surface area contributed by atoms with Crippen LogP contribution in [0.5, 0.6) is 0 Å². The molecule has 0 bridgehead atoms. The first-order valence-corrected chi connectivity index (χ1v) is 10.6. The van der Waals surface area contributed by atoms with Gasteiger partial charge >= 0.3 is 0 Å². The molecule has 1 saturated heterocycles. The van der Waals surface area contributed by atoms with Crippen molar-refractivity contribution in [1.82, 2.24) is 14.9 Å². The van der Waals surface area contributed by atoms with Crippen LogP contribution in [0.3, 0.4) is 0 Å². The van der Waals surface area contributed by atoms with Crippen LogP contribution in [0.1, 0.15) is 12.8 Å².